The van der Waals surface area contributed by atoms with Gasteiger partial charge in [-0.3, -0.25) is 14.5 Å². The highest BCUT2D eigenvalue weighted by atomic mass is 19.1. The summed E-state index contributed by atoms with van der Waals surface area (Å²) in [7, 11) is 0. The third kappa shape index (κ3) is 5.24. The molecule has 9 heteroatoms. The molecule has 4 heterocycles. The number of fused-ring (bicyclic) bond motifs is 1. The smallest absolute Gasteiger partial charge is 0.233 e. The molecule has 1 fully saturated rings. The Bertz CT molecular complexity index is 1600. The van der Waals surface area contributed by atoms with E-state index in [0.717, 1.165) is 48.4 Å². The van der Waals surface area contributed by atoms with Gasteiger partial charge in [0.25, 0.3) is 0 Å². The number of aromatic nitrogens is 4. The number of hydrogen-bond acceptors (Lipinski definition) is 5. The lowest BCUT2D eigenvalue weighted by atomic mass is 9.94. The van der Waals surface area contributed by atoms with Gasteiger partial charge in [0.2, 0.25) is 11.8 Å². The van der Waals surface area contributed by atoms with Crippen molar-refractivity contribution in [3.8, 4) is 17.1 Å². The van der Waals surface area contributed by atoms with E-state index < -0.39 is 0 Å². The normalized spacial score (nSPS) is 15.6. The number of carbonyl (C=O) groups is 2. The van der Waals surface area contributed by atoms with Gasteiger partial charge in [-0.25, -0.2) is 19.0 Å². The molecule has 0 spiro atoms. The maximum Gasteiger partial charge on any atom is 0.233 e. The number of rotatable bonds is 6. The molecule has 2 aromatic carbocycles. The minimum Gasteiger partial charge on any atom is -0.343 e. The zero-order valence-electron chi connectivity index (χ0n) is 23.5. The molecule has 0 radical (unpaired) electrons. The molecule has 0 saturated carbocycles. The quantitative estimate of drug-likeness (QED) is 0.320. The number of halogens is 1. The Morgan fingerprint density at radius 1 is 1.07 bits per heavy atom. The summed E-state index contributed by atoms with van der Waals surface area (Å²) < 4.78 is 16.5. The summed E-state index contributed by atoms with van der Waals surface area (Å²) in [5.74, 6) is 1.13. The molecule has 4 aromatic rings. The predicted molar refractivity (Wildman–Crippen MR) is 154 cm³/mol. The van der Waals surface area contributed by atoms with E-state index in [1.165, 1.54) is 6.07 Å². The van der Waals surface area contributed by atoms with Crippen molar-refractivity contribution in [3.63, 3.8) is 0 Å². The fourth-order valence-electron chi connectivity index (χ4n) is 5.87. The van der Waals surface area contributed by atoms with E-state index in [1.807, 2.05) is 60.0 Å². The topological polar surface area (TPSA) is 84.2 Å². The van der Waals surface area contributed by atoms with Crippen LogP contribution < -0.4 is 4.90 Å². The van der Waals surface area contributed by atoms with Crippen molar-refractivity contribution in [2.24, 2.45) is 0 Å². The average molecular weight is 553 g/mol. The summed E-state index contributed by atoms with van der Waals surface area (Å²) in [6, 6.07) is 15.0. The van der Waals surface area contributed by atoms with Crippen LogP contribution in [0.2, 0.25) is 0 Å². The number of nitrogens with zero attached hydrogens (tertiary/aromatic N) is 6. The maximum atomic E-state index is 14.6. The highest BCUT2D eigenvalue weighted by molar-refractivity contribution is 6.00. The van der Waals surface area contributed by atoms with Gasteiger partial charge in [0.15, 0.2) is 5.82 Å². The van der Waals surface area contributed by atoms with E-state index in [1.54, 1.807) is 24.1 Å². The molecule has 2 aliphatic heterocycles. The Labute approximate surface area is 238 Å². The van der Waals surface area contributed by atoms with Gasteiger partial charge >= 0.3 is 0 Å². The molecule has 1 saturated heterocycles. The molecule has 41 heavy (non-hydrogen) atoms. The molecule has 0 unspecified atom stereocenters. The largest absolute Gasteiger partial charge is 0.343 e. The van der Waals surface area contributed by atoms with Crippen LogP contribution in [0.5, 0.6) is 0 Å². The second-order valence-corrected chi connectivity index (χ2v) is 11.2. The van der Waals surface area contributed by atoms with E-state index in [4.69, 9.17) is 10.1 Å². The third-order valence-electron chi connectivity index (χ3n) is 8.12. The van der Waals surface area contributed by atoms with Gasteiger partial charge in [0, 0.05) is 55.0 Å². The van der Waals surface area contributed by atoms with Crippen LogP contribution in [0.25, 0.3) is 17.1 Å². The molecule has 0 N–H and O–H groups in total. The highest BCUT2D eigenvalue weighted by Gasteiger charge is 2.30. The molecule has 2 aromatic heterocycles. The van der Waals surface area contributed by atoms with E-state index in [0.29, 0.717) is 35.2 Å². The van der Waals surface area contributed by atoms with Gasteiger partial charge in [-0.05, 0) is 48.6 Å². The Hall–Kier alpha value is -4.40. The Morgan fingerprint density at radius 3 is 2.54 bits per heavy atom. The van der Waals surface area contributed by atoms with E-state index in [9.17, 15) is 14.0 Å². The van der Waals surface area contributed by atoms with E-state index in [-0.39, 0.29) is 30.0 Å². The molecule has 0 bridgehead atoms. The number of carbonyl (C=O) groups excluding carboxylic acids is 2. The van der Waals surface area contributed by atoms with Crippen molar-refractivity contribution in [2.45, 2.75) is 58.4 Å². The number of amides is 2. The summed E-state index contributed by atoms with van der Waals surface area (Å²) in [5, 5.41) is 4.82. The lowest BCUT2D eigenvalue weighted by molar-refractivity contribution is -0.129. The highest BCUT2D eigenvalue weighted by Crippen LogP contribution is 2.34. The van der Waals surface area contributed by atoms with Crippen LogP contribution in [0.4, 0.5) is 10.2 Å². The Kier molecular flexibility index (Phi) is 7.11. The summed E-state index contributed by atoms with van der Waals surface area (Å²) in [6.07, 6.45) is 5.74. The maximum absolute atomic E-state index is 14.6. The SMILES string of the molecule is CC(=O)N1CCC(c2ccn(-c3ccc(CN4C(=O)Cc5cnc(-c6cccc(F)c6C(C)C)nc54)cc3)n2)CC1. The second kappa shape index (κ2) is 10.9. The van der Waals surface area contributed by atoms with E-state index in [2.05, 4.69) is 11.1 Å². The van der Waals surface area contributed by atoms with Crippen molar-refractivity contribution in [2.75, 3.05) is 18.0 Å². The summed E-state index contributed by atoms with van der Waals surface area (Å²) in [4.78, 5) is 37.4. The number of hydrogen-bond donors (Lipinski definition) is 0. The zero-order valence-corrected chi connectivity index (χ0v) is 23.5. The number of piperidine rings is 1. The van der Waals surface area contributed by atoms with Crippen molar-refractivity contribution in [1.82, 2.24) is 24.6 Å². The first kappa shape index (κ1) is 26.8. The molecule has 8 nitrogen and oxygen atoms in total. The fourth-order valence-corrected chi connectivity index (χ4v) is 5.87. The predicted octanol–water partition coefficient (Wildman–Crippen LogP) is 5.41. The van der Waals surface area contributed by atoms with Gasteiger partial charge in [0.1, 0.15) is 11.6 Å². The summed E-state index contributed by atoms with van der Waals surface area (Å²) in [6.45, 7) is 7.43. The van der Waals surface area contributed by atoms with Crippen molar-refractivity contribution < 1.29 is 14.0 Å². The molecule has 0 atom stereocenters. The van der Waals surface area contributed by atoms with Crippen LogP contribution >= 0.6 is 0 Å². The van der Waals surface area contributed by atoms with Crippen molar-refractivity contribution in [1.29, 1.82) is 0 Å². The van der Waals surface area contributed by atoms with Gasteiger partial charge in [-0.2, -0.15) is 5.10 Å². The molecule has 6 rings (SSSR count). The molecule has 0 aliphatic carbocycles. The number of anilines is 1. The second-order valence-electron chi connectivity index (χ2n) is 11.2. The number of likely N-dealkylation sites (tertiary alicyclic amines) is 1. The lowest BCUT2D eigenvalue weighted by Gasteiger charge is -2.30. The van der Waals surface area contributed by atoms with Gasteiger partial charge < -0.3 is 4.90 Å². The minimum atomic E-state index is -0.280. The standard InChI is InChI=1S/C32H33FN6O2/c1-20(2)30-26(5-4-6-27(30)33)31-34-18-24-17-29(41)38(32(24)35-31)19-22-7-9-25(10-8-22)39-16-13-28(36-39)23-11-14-37(15-12-23)21(3)40/h4-10,13,16,18,20,23H,11-12,14-15,17,19H2,1-3H3. The van der Waals surface area contributed by atoms with Crippen LogP contribution in [0.15, 0.2) is 60.9 Å². The van der Waals surface area contributed by atoms with Crippen LogP contribution in [0, 0.1) is 5.82 Å². The minimum absolute atomic E-state index is 0.0357. The number of benzene rings is 2. The van der Waals surface area contributed by atoms with Crippen LogP contribution in [0.3, 0.4) is 0 Å². The van der Waals surface area contributed by atoms with Gasteiger partial charge in [0.05, 0.1) is 24.3 Å². The van der Waals surface area contributed by atoms with Crippen molar-refractivity contribution in [3.05, 3.63) is 89.1 Å². The first-order chi connectivity index (χ1) is 19.8. The molecular weight excluding hydrogens is 519 g/mol. The van der Waals surface area contributed by atoms with Crippen LogP contribution in [-0.4, -0.2) is 49.6 Å². The van der Waals surface area contributed by atoms with Crippen molar-refractivity contribution >= 4 is 17.6 Å². The average Bonchev–Trinajstić information content (AvgIpc) is 3.58. The zero-order chi connectivity index (χ0) is 28.7. The first-order valence-electron chi connectivity index (χ1n) is 14.1. The molecule has 2 amide bonds. The van der Waals surface area contributed by atoms with Crippen LogP contribution in [0.1, 0.15) is 67.8 Å². The first-order valence-corrected chi connectivity index (χ1v) is 14.1. The third-order valence-corrected chi connectivity index (χ3v) is 8.12. The van der Waals surface area contributed by atoms with Crippen LogP contribution in [-0.2, 0) is 22.6 Å². The van der Waals surface area contributed by atoms with Gasteiger partial charge in [-0.15, -0.1) is 0 Å². The summed E-state index contributed by atoms with van der Waals surface area (Å²) in [5.41, 5.74) is 4.94. The summed E-state index contributed by atoms with van der Waals surface area (Å²) >= 11 is 0. The molecular formula is C32H33FN6O2. The Balaban J connectivity index is 1.19. The molecule has 2 aliphatic rings. The van der Waals surface area contributed by atoms with E-state index >= 15 is 0 Å². The molecule has 210 valence electrons. The monoisotopic (exact) mass is 552 g/mol. The lowest BCUT2D eigenvalue weighted by Crippen LogP contribution is -2.36. The van der Waals surface area contributed by atoms with Gasteiger partial charge in [-0.1, -0.05) is 38.1 Å². The Morgan fingerprint density at radius 2 is 1.83 bits per heavy atom. The fraction of sp³-hybridized carbons (Fsp3) is 0.344.